The Morgan fingerprint density at radius 1 is 1.15 bits per heavy atom. The second kappa shape index (κ2) is 3.24. The van der Waals surface area contributed by atoms with Gasteiger partial charge in [-0.05, 0) is 38.1 Å². The number of hydrogen-bond acceptors (Lipinski definition) is 3. The fraction of sp³-hybridized carbons (Fsp3) is 1.00. The highest BCUT2D eigenvalue weighted by Crippen LogP contribution is 2.38. The van der Waals surface area contributed by atoms with Crippen molar-refractivity contribution in [2.45, 2.75) is 42.6 Å². The van der Waals surface area contributed by atoms with Gasteiger partial charge in [0.25, 0.3) is 0 Å². The fourth-order valence-electron chi connectivity index (χ4n) is 2.71. The molecule has 0 amide bonds. The van der Waals surface area contributed by atoms with Gasteiger partial charge in [0, 0.05) is 0 Å². The number of sulfone groups is 1. The van der Waals surface area contributed by atoms with Crippen LogP contribution >= 0.6 is 0 Å². The van der Waals surface area contributed by atoms with E-state index in [-0.39, 0.29) is 10.5 Å². The van der Waals surface area contributed by atoms with E-state index in [4.69, 9.17) is 5.73 Å². The molecule has 13 heavy (non-hydrogen) atoms. The van der Waals surface area contributed by atoms with Crippen molar-refractivity contribution in [2.75, 3.05) is 6.54 Å². The van der Waals surface area contributed by atoms with Crippen LogP contribution in [0.2, 0.25) is 0 Å². The molecule has 0 saturated carbocycles. The maximum absolute atomic E-state index is 11.8. The first-order chi connectivity index (χ1) is 6.14. The smallest absolute Gasteiger partial charge is 0.156 e. The van der Waals surface area contributed by atoms with Gasteiger partial charge in [0.2, 0.25) is 0 Å². The molecule has 2 N–H and O–H groups in total. The highest BCUT2D eigenvalue weighted by Gasteiger charge is 2.43. The molecule has 0 spiro atoms. The molecule has 2 bridgehead atoms. The standard InChI is InChI=1S/C9H17NO2S/c10-6-7-4-8-2-1-3-9(5-7)13(8,11)12/h7-9H,1-6,10H2. The molecule has 2 aliphatic heterocycles. The molecule has 0 aromatic rings. The van der Waals surface area contributed by atoms with E-state index >= 15 is 0 Å². The zero-order valence-corrected chi connectivity index (χ0v) is 8.59. The zero-order valence-electron chi connectivity index (χ0n) is 7.78. The Balaban J connectivity index is 2.22. The first kappa shape index (κ1) is 9.46. The van der Waals surface area contributed by atoms with Crippen LogP contribution in [0.15, 0.2) is 0 Å². The average molecular weight is 203 g/mol. The lowest BCUT2D eigenvalue weighted by atomic mass is 9.90. The van der Waals surface area contributed by atoms with Crippen molar-refractivity contribution in [2.24, 2.45) is 11.7 Å². The SMILES string of the molecule is NCC1CC2CCCC(C1)S2(=O)=O. The number of hydrogen-bond donors (Lipinski definition) is 1. The largest absolute Gasteiger partial charge is 0.330 e. The lowest BCUT2D eigenvalue weighted by Gasteiger charge is -2.38. The lowest BCUT2D eigenvalue weighted by Crippen LogP contribution is -2.44. The van der Waals surface area contributed by atoms with Gasteiger partial charge in [0.05, 0.1) is 10.5 Å². The van der Waals surface area contributed by atoms with Crippen molar-refractivity contribution in [3.05, 3.63) is 0 Å². The molecular formula is C9H17NO2S. The normalized spacial score (nSPS) is 43.0. The van der Waals surface area contributed by atoms with Gasteiger partial charge in [-0.1, -0.05) is 6.42 Å². The molecular weight excluding hydrogens is 186 g/mol. The first-order valence-corrected chi connectivity index (χ1v) is 6.68. The number of fused-ring (bicyclic) bond motifs is 2. The Hall–Kier alpha value is -0.0900. The van der Waals surface area contributed by atoms with Gasteiger partial charge in [0.15, 0.2) is 9.84 Å². The molecule has 0 aliphatic carbocycles. The minimum absolute atomic E-state index is 0.0615. The molecule has 0 aromatic carbocycles. The zero-order chi connectivity index (χ0) is 9.47. The summed E-state index contributed by atoms with van der Waals surface area (Å²) in [6, 6.07) is 0. The Kier molecular flexibility index (Phi) is 2.36. The second-order valence-electron chi connectivity index (χ2n) is 4.34. The predicted octanol–water partition coefficient (Wildman–Crippen LogP) is 0.691. The van der Waals surface area contributed by atoms with Crippen LogP contribution < -0.4 is 5.73 Å². The van der Waals surface area contributed by atoms with Crippen molar-refractivity contribution >= 4 is 9.84 Å². The van der Waals surface area contributed by atoms with E-state index in [1.54, 1.807) is 0 Å². The van der Waals surface area contributed by atoms with Crippen molar-refractivity contribution in [3.63, 3.8) is 0 Å². The van der Waals surface area contributed by atoms with Gasteiger partial charge >= 0.3 is 0 Å². The summed E-state index contributed by atoms with van der Waals surface area (Å²) >= 11 is 0. The summed E-state index contributed by atoms with van der Waals surface area (Å²) in [6.45, 7) is 0.655. The topological polar surface area (TPSA) is 60.2 Å². The van der Waals surface area contributed by atoms with Crippen LogP contribution in [-0.4, -0.2) is 25.5 Å². The van der Waals surface area contributed by atoms with Crippen molar-refractivity contribution in [1.29, 1.82) is 0 Å². The third kappa shape index (κ3) is 1.50. The van der Waals surface area contributed by atoms with E-state index in [1.165, 1.54) is 0 Å². The van der Waals surface area contributed by atoms with E-state index in [1.807, 2.05) is 0 Å². The molecule has 3 nitrogen and oxygen atoms in total. The van der Waals surface area contributed by atoms with Crippen molar-refractivity contribution in [3.8, 4) is 0 Å². The van der Waals surface area contributed by atoms with Crippen LogP contribution in [0.4, 0.5) is 0 Å². The van der Waals surface area contributed by atoms with Gasteiger partial charge in [-0.15, -0.1) is 0 Å². The molecule has 2 unspecified atom stereocenters. The Morgan fingerprint density at radius 3 is 2.15 bits per heavy atom. The summed E-state index contributed by atoms with van der Waals surface area (Å²) in [5.74, 6) is 0.457. The monoisotopic (exact) mass is 203 g/mol. The maximum atomic E-state index is 11.8. The average Bonchev–Trinajstić information content (AvgIpc) is 2.02. The quantitative estimate of drug-likeness (QED) is 0.682. The first-order valence-electron chi connectivity index (χ1n) is 5.07. The van der Waals surface area contributed by atoms with E-state index in [0.29, 0.717) is 12.5 Å². The third-order valence-electron chi connectivity index (χ3n) is 3.51. The van der Waals surface area contributed by atoms with Crippen LogP contribution in [0.3, 0.4) is 0 Å². The molecule has 2 heterocycles. The highest BCUT2D eigenvalue weighted by molar-refractivity contribution is 7.92. The molecule has 0 radical (unpaired) electrons. The molecule has 2 saturated heterocycles. The van der Waals surface area contributed by atoms with E-state index < -0.39 is 9.84 Å². The minimum Gasteiger partial charge on any atom is -0.330 e. The van der Waals surface area contributed by atoms with Crippen molar-refractivity contribution in [1.82, 2.24) is 0 Å². The molecule has 76 valence electrons. The van der Waals surface area contributed by atoms with E-state index in [9.17, 15) is 8.42 Å². The Bertz CT molecular complexity index is 266. The molecule has 2 atom stereocenters. The van der Waals surface area contributed by atoms with E-state index in [2.05, 4.69) is 0 Å². The summed E-state index contributed by atoms with van der Waals surface area (Å²) in [4.78, 5) is 0. The molecule has 2 aliphatic rings. The second-order valence-corrected chi connectivity index (χ2v) is 6.85. The Labute approximate surface area is 79.6 Å². The lowest BCUT2D eigenvalue weighted by molar-refractivity contribution is 0.347. The van der Waals surface area contributed by atoms with Gasteiger partial charge in [0.1, 0.15) is 0 Å². The Morgan fingerprint density at radius 2 is 1.69 bits per heavy atom. The molecule has 0 aromatic heterocycles. The van der Waals surface area contributed by atoms with Crippen molar-refractivity contribution < 1.29 is 8.42 Å². The number of nitrogens with two attached hydrogens (primary N) is 1. The van der Waals surface area contributed by atoms with Crippen LogP contribution in [-0.2, 0) is 9.84 Å². The van der Waals surface area contributed by atoms with Crippen LogP contribution in [0, 0.1) is 5.92 Å². The minimum atomic E-state index is -2.76. The summed E-state index contributed by atoms with van der Waals surface area (Å²) in [5.41, 5.74) is 5.60. The van der Waals surface area contributed by atoms with Crippen LogP contribution in [0.25, 0.3) is 0 Å². The summed E-state index contributed by atoms with van der Waals surface area (Å²) in [7, 11) is -2.76. The van der Waals surface area contributed by atoms with Crippen LogP contribution in [0.1, 0.15) is 32.1 Å². The van der Waals surface area contributed by atoms with E-state index in [0.717, 1.165) is 32.1 Å². The predicted molar refractivity (Wildman–Crippen MR) is 52.1 cm³/mol. The molecule has 2 rings (SSSR count). The summed E-state index contributed by atoms with van der Waals surface area (Å²) in [5, 5.41) is -0.123. The summed E-state index contributed by atoms with van der Waals surface area (Å²) < 4.78 is 23.6. The molecule has 2 fully saturated rings. The fourth-order valence-corrected chi connectivity index (χ4v) is 5.33. The van der Waals surface area contributed by atoms with Gasteiger partial charge in [-0.3, -0.25) is 0 Å². The number of rotatable bonds is 1. The van der Waals surface area contributed by atoms with Gasteiger partial charge in [-0.2, -0.15) is 0 Å². The third-order valence-corrected chi connectivity index (χ3v) is 6.22. The van der Waals surface area contributed by atoms with Gasteiger partial charge < -0.3 is 5.73 Å². The van der Waals surface area contributed by atoms with Gasteiger partial charge in [-0.25, -0.2) is 8.42 Å². The maximum Gasteiger partial charge on any atom is 0.156 e. The summed E-state index contributed by atoms with van der Waals surface area (Å²) in [6.07, 6.45) is 4.46. The van der Waals surface area contributed by atoms with Crippen LogP contribution in [0.5, 0.6) is 0 Å². The highest BCUT2D eigenvalue weighted by atomic mass is 32.2. The molecule has 4 heteroatoms.